The summed E-state index contributed by atoms with van der Waals surface area (Å²) in [4.78, 5) is 2.63. The second-order valence-electron chi connectivity index (χ2n) is 5.80. The highest BCUT2D eigenvalue weighted by Gasteiger charge is 2.25. The average molecular weight is 225 g/mol. The first-order chi connectivity index (χ1) is 7.74. The van der Waals surface area contributed by atoms with Crippen molar-refractivity contribution >= 4 is 0 Å². The largest absolute Gasteiger partial charge is 0.328 e. The fourth-order valence-electron chi connectivity index (χ4n) is 2.84. The molecule has 0 bridgehead atoms. The van der Waals surface area contributed by atoms with Gasteiger partial charge in [-0.15, -0.1) is 0 Å². The lowest BCUT2D eigenvalue weighted by atomic mass is 9.87. The van der Waals surface area contributed by atoms with Gasteiger partial charge in [0.25, 0.3) is 0 Å². The van der Waals surface area contributed by atoms with E-state index in [9.17, 15) is 0 Å². The van der Waals surface area contributed by atoms with Crippen LogP contribution in [0.2, 0.25) is 0 Å². The Kier molecular flexibility index (Phi) is 4.62. The van der Waals surface area contributed by atoms with Gasteiger partial charge in [0.15, 0.2) is 0 Å². The van der Waals surface area contributed by atoms with Crippen LogP contribution in [0.4, 0.5) is 0 Å². The van der Waals surface area contributed by atoms with Crippen molar-refractivity contribution in [2.75, 3.05) is 26.2 Å². The molecule has 1 saturated carbocycles. The van der Waals surface area contributed by atoms with Crippen LogP contribution in [0.1, 0.15) is 39.0 Å². The van der Waals surface area contributed by atoms with Crippen molar-refractivity contribution in [1.82, 2.24) is 10.2 Å². The molecule has 0 aromatic rings. The van der Waals surface area contributed by atoms with Crippen molar-refractivity contribution < 1.29 is 0 Å². The molecular formula is C13H27N3. The molecule has 0 amide bonds. The van der Waals surface area contributed by atoms with Gasteiger partial charge in [0.05, 0.1) is 0 Å². The van der Waals surface area contributed by atoms with Crippen LogP contribution in [0.3, 0.4) is 0 Å². The summed E-state index contributed by atoms with van der Waals surface area (Å²) in [6.07, 6.45) is 6.59. The topological polar surface area (TPSA) is 41.3 Å². The molecule has 3 nitrogen and oxygen atoms in total. The summed E-state index contributed by atoms with van der Waals surface area (Å²) < 4.78 is 0. The van der Waals surface area contributed by atoms with Crippen LogP contribution in [-0.2, 0) is 0 Å². The third kappa shape index (κ3) is 3.72. The molecule has 0 spiro atoms. The van der Waals surface area contributed by atoms with Gasteiger partial charge in [-0.1, -0.05) is 13.3 Å². The number of hydrogen-bond donors (Lipinski definition) is 2. The van der Waals surface area contributed by atoms with E-state index in [0.717, 1.165) is 12.5 Å². The Labute approximate surface area is 99.8 Å². The Hall–Kier alpha value is -0.120. The molecule has 0 radical (unpaired) electrons. The van der Waals surface area contributed by atoms with Gasteiger partial charge in [0.2, 0.25) is 0 Å². The van der Waals surface area contributed by atoms with Gasteiger partial charge < -0.3 is 16.0 Å². The molecule has 1 atom stereocenters. The molecule has 2 aliphatic rings. The minimum absolute atomic E-state index is 0.468. The lowest BCUT2D eigenvalue weighted by molar-refractivity contribution is 0.191. The summed E-state index contributed by atoms with van der Waals surface area (Å²) in [5, 5.41) is 3.63. The molecule has 1 saturated heterocycles. The van der Waals surface area contributed by atoms with E-state index >= 15 is 0 Å². The highest BCUT2D eigenvalue weighted by Crippen LogP contribution is 2.17. The van der Waals surface area contributed by atoms with Gasteiger partial charge in [-0.05, 0) is 51.2 Å². The van der Waals surface area contributed by atoms with Gasteiger partial charge in [0, 0.05) is 18.6 Å². The second-order valence-corrected chi connectivity index (χ2v) is 5.80. The van der Waals surface area contributed by atoms with E-state index in [4.69, 9.17) is 5.73 Å². The van der Waals surface area contributed by atoms with Gasteiger partial charge in [-0.2, -0.15) is 0 Å². The number of nitrogens with two attached hydrogens (primary N) is 1. The molecule has 1 aliphatic heterocycles. The molecule has 1 aliphatic carbocycles. The molecule has 16 heavy (non-hydrogen) atoms. The predicted octanol–water partition coefficient (Wildman–Crippen LogP) is 1.19. The number of nitrogens with one attached hydrogen (secondary N) is 1. The van der Waals surface area contributed by atoms with Crippen molar-refractivity contribution in [1.29, 1.82) is 0 Å². The molecule has 3 heteroatoms. The number of nitrogens with zero attached hydrogens (tertiary/aromatic N) is 1. The average Bonchev–Trinajstić information content (AvgIpc) is 2.24. The van der Waals surface area contributed by atoms with Crippen LogP contribution in [0.15, 0.2) is 0 Å². The lowest BCUT2D eigenvalue weighted by Crippen LogP contribution is -2.50. The number of piperidine rings is 1. The molecule has 3 N–H and O–H groups in total. The van der Waals surface area contributed by atoms with Gasteiger partial charge in [0.1, 0.15) is 0 Å². The van der Waals surface area contributed by atoms with Crippen molar-refractivity contribution in [2.45, 2.75) is 51.1 Å². The predicted molar refractivity (Wildman–Crippen MR) is 68.5 cm³/mol. The van der Waals surface area contributed by atoms with Crippen molar-refractivity contribution in [3.8, 4) is 0 Å². The minimum atomic E-state index is 0.468. The van der Waals surface area contributed by atoms with Gasteiger partial charge in [-0.3, -0.25) is 0 Å². The Morgan fingerprint density at radius 1 is 1.25 bits per heavy atom. The molecule has 1 heterocycles. The molecule has 0 aromatic carbocycles. The second kappa shape index (κ2) is 5.99. The smallest absolute Gasteiger partial charge is 0.00966 e. The first-order valence-corrected chi connectivity index (χ1v) is 6.95. The first-order valence-electron chi connectivity index (χ1n) is 6.95. The fourth-order valence-corrected chi connectivity index (χ4v) is 2.84. The molecular weight excluding hydrogens is 198 g/mol. The quantitative estimate of drug-likeness (QED) is 0.738. The summed E-state index contributed by atoms with van der Waals surface area (Å²) in [5.74, 6) is 0.773. The fraction of sp³-hybridized carbons (Fsp3) is 1.00. The van der Waals surface area contributed by atoms with E-state index in [-0.39, 0.29) is 0 Å². The van der Waals surface area contributed by atoms with E-state index in [0.29, 0.717) is 12.1 Å². The SMILES string of the molecule is CC(CNC1CC(N)C1)CN1CCCCC1. The normalized spacial score (nSPS) is 33.4. The highest BCUT2D eigenvalue weighted by atomic mass is 15.1. The molecule has 1 unspecified atom stereocenters. The monoisotopic (exact) mass is 225 g/mol. The molecule has 2 rings (SSSR count). The Morgan fingerprint density at radius 3 is 2.56 bits per heavy atom. The van der Waals surface area contributed by atoms with Crippen LogP contribution in [0.5, 0.6) is 0 Å². The van der Waals surface area contributed by atoms with E-state index < -0.39 is 0 Å². The van der Waals surface area contributed by atoms with Crippen molar-refractivity contribution in [3.05, 3.63) is 0 Å². The van der Waals surface area contributed by atoms with E-state index in [1.807, 2.05) is 0 Å². The standard InChI is InChI=1S/C13H27N3/c1-11(9-15-13-7-12(14)8-13)10-16-5-3-2-4-6-16/h11-13,15H,2-10,14H2,1H3. The van der Waals surface area contributed by atoms with Gasteiger partial charge >= 0.3 is 0 Å². The zero-order chi connectivity index (χ0) is 11.4. The Bertz CT molecular complexity index is 195. The highest BCUT2D eigenvalue weighted by molar-refractivity contribution is 4.87. The first kappa shape index (κ1) is 12.3. The van der Waals surface area contributed by atoms with Crippen LogP contribution >= 0.6 is 0 Å². The summed E-state index contributed by atoms with van der Waals surface area (Å²) in [6.45, 7) is 7.43. The number of rotatable bonds is 5. The summed E-state index contributed by atoms with van der Waals surface area (Å²) in [7, 11) is 0. The summed E-state index contributed by atoms with van der Waals surface area (Å²) in [6, 6.07) is 1.17. The number of likely N-dealkylation sites (tertiary alicyclic amines) is 1. The zero-order valence-corrected chi connectivity index (χ0v) is 10.6. The Morgan fingerprint density at radius 2 is 1.94 bits per heavy atom. The molecule has 0 aromatic heterocycles. The maximum absolute atomic E-state index is 5.78. The lowest BCUT2D eigenvalue weighted by Gasteiger charge is -2.35. The minimum Gasteiger partial charge on any atom is -0.328 e. The van der Waals surface area contributed by atoms with Crippen LogP contribution in [0.25, 0.3) is 0 Å². The van der Waals surface area contributed by atoms with Crippen molar-refractivity contribution in [3.63, 3.8) is 0 Å². The third-order valence-electron chi connectivity index (χ3n) is 3.95. The maximum atomic E-state index is 5.78. The summed E-state index contributed by atoms with van der Waals surface area (Å²) >= 11 is 0. The number of hydrogen-bond acceptors (Lipinski definition) is 3. The molecule has 94 valence electrons. The molecule has 2 fully saturated rings. The maximum Gasteiger partial charge on any atom is 0.00966 e. The summed E-state index contributed by atoms with van der Waals surface area (Å²) in [5.41, 5.74) is 5.78. The van der Waals surface area contributed by atoms with E-state index in [1.165, 1.54) is 51.7 Å². The van der Waals surface area contributed by atoms with Crippen molar-refractivity contribution in [2.24, 2.45) is 11.7 Å². The van der Waals surface area contributed by atoms with Crippen LogP contribution < -0.4 is 11.1 Å². The van der Waals surface area contributed by atoms with E-state index in [1.54, 1.807) is 0 Å². The van der Waals surface area contributed by atoms with Crippen LogP contribution in [0, 0.1) is 5.92 Å². The zero-order valence-electron chi connectivity index (χ0n) is 10.6. The third-order valence-corrected chi connectivity index (χ3v) is 3.95. The van der Waals surface area contributed by atoms with Gasteiger partial charge in [-0.25, -0.2) is 0 Å². The Balaban J connectivity index is 1.55. The van der Waals surface area contributed by atoms with E-state index in [2.05, 4.69) is 17.1 Å². The van der Waals surface area contributed by atoms with Crippen LogP contribution in [-0.4, -0.2) is 43.2 Å².